The number of sulfone groups is 1. The van der Waals surface area contributed by atoms with Crippen LogP contribution in [0.25, 0.3) is 0 Å². The van der Waals surface area contributed by atoms with Gasteiger partial charge in [0, 0.05) is 43.2 Å². The molecule has 1 fully saturated rings. The van der Waals surface area contributed by atoms with Gasteiger partial charge >= 0.3 is 0 Å². The first-order valence-electron chi connectivity index (χ1n) is 10.4. The Morgan fingerprint density at radius 2 is 1.67 bits per heavy atom. The summed E-state index contributed by atoms with van der Waals surface area (Å²) in [6, 6.07) is 9.44. The molecule has 11 heteroatoms. The van der Waals surface area contributed by atoms with Gasteiger partial charge in [-0.1, -0.05) is 11.6 Å². The summed E-state index contributed by atoms with van der Waals surface area (Å²) in [7, 11) is -3.66. The average Bonchev–Trinajstić information content (AvgIpc) is 2.80. The van der Waals surface area contributed by atoms with Crippen molar-refractivity contribution in [1.82, 2.24) is 4.90 Å². The molecule has 2 amide bonds. The molecule has 1 aliphatic rings. The third kappa shape index (κ3) is 7.78. The zero-order valence-corrected chi connectivity index (χ0v) is 19.4. The van der Waals surface area contributed by atoms with Crippen LogP contribution in [0.5, 0.6) is 0 Å². The van der Waals surface area contributed by atoms with Crippen LogP contribution in [0.4, 0.5) is 15.8 Å². The van der Waals surface area contributed by atoms with Gasteiger partial charge in [-0.25, -0.2) is 12.8 Å². The van der Waals surface area contributed by atoms with Crippen molar-refractivity contribution in [1.29, 1.82) is 0 Å². The van der Waals surface area contributed by atoms with Crippen LogP contribution in [0.2, 0.25) is 5.02 Å². The van der Waals surface area contributed by atoms with Gasteiger partial charge in [0.1, 0.15) is 5.82 Å². The number of hydrogen-bond donors (Lipinski definition) is 2. The van der Waals surface area contributed by atoms with Crippen molar-refractivity contribution in [2.24, 2.45) is 0 Å². The largest absolute Gasteiger partial charge is 0.379 e. The quantitative estimate of drug-likeness (QED) is 0.552. The van der Waals surface area contributed by atoms with Crippen molar-refractivity contribution in [2.45, 2.75) is 17.7 Å². The molecule has 8 nitrogen and oxygen atoms in total. The highest BCUT2D eigenvalue weighted by molar-refractivity contribution is 7.91. The van der Waals surface area contributed by atoms with Crippen LogP contribution in [0, 0.1) is 5.82 Å². The van der Waals surface area contributed by atoms with Gasteiger partial charge in [0.05, 0.1) is 29.5 Å². The van der Waals surface area contributed by atoms with Crippen molar-refractivity contribution >= 4 is 44.6 Å². The van der Waals surface area contributed by atoms with Gasteiger partial charge in [0.15, 0.2) is 9.84 Å². The van der Waals surface area contributed by atoms with E-state index in [2.05, 4.69) is 15.5 Å². The molecule has 0 aliphatic carbocycles. The maximum Gasteiger partial charge on any atom is 0.225 e. The van der Waals surface area contributed by atoms with Crippen LogP contribution in [0.15, 0.2) is 47.4 Å². The fourth-order valence-electron chi connectivity index (χ4n) is 3.21. The summed E-state index contributed by atoms with van der Waals surface area (Å²) in [4.78, 5) is 26.6. The standard InChI is InChI=1S/C22H25ClFN3O5S/c23-16-1-4-18(5-2-16)33(30,31)14-8-22(29)25-17-3-6-19(24)20(15-17)26-21(28)7-9-27-10-12-32-13-11-27/h1-6,15H,7-14H2,(H,25,29)(H,26,28). The molecule has 2 aromatic rings. The number of ether oxygens (including phenoxy) is 1. The molecule has 0 spiro atoms. The second-order valence-corrected chi connectivity index (χ2v) is 10.1. The fraction of sp³-hybridized carbons (Fsp3) is 0.364. The molecule has 2 N–H and O–H groups in total. The molecule has 0 radical (unpaired) electrons. The predicted molar refractivity (Wildman–Crippen MR) is 124 cm³/mol. The highest BCUT2D eigenvalue weighted by atomic mass is 35.5. The number of amides is 2. The molecule has 3 rings (SSSR count). The van der Waals surface area contributed by atoms with Gasteiger partial charge < -0.3 is 15.4 Å². The molecule has 0 bridgehead atoms. The zero-order chi connectivity index (χ0) is 23.8. The second-order valence-electron chi connectivity index (χ2n) is 7.52. The summed E-state index contributed by atoms with van der Waals surface area (Å²) < 4.78 is 44.1. The summed E-state index contributed by atoms with van der Waals surface area (Å²) in [5, 5.41) is 5.46. The molecule has 0 saturated carbocycles. The second kappa shape index (κ2) is 11.6. The van der Waals surface area contributed by atoms with E-state index in [1.165, 1.54) is 36.4 Å². The van der Waals surface area contributed by atoms with E-state index in [-0.39, 0.29) is 35.0 Å². The van der Waals surface area contributed by atoms with Crippen LogP contribution < -0.4 is 10.6 Å². The number of rotatable bonds is 9. The Kier molecular flexibility index (Phi) is 8.79. The lowest BCUT2D eigenvalue weighted by Crippen LogP contribution is -2.38. The first-order chi connectivity index (χ1) is 15.7. The molecule has 0 aromatic heterocycles. The monoisotopic (exact) mass is 497 g/mol. The van der Waals surface area contributed by atoms with Crippen LogP contribution in [-0.4, -0.2) is 63.7 Å². The number of nitrogens with zero attached hydrogens (tertiary/aromatic N) is 1. The number of halogens is 2. The van der Waals surface area contributed by atoms with Crippen molar-refractivity contribution < 1.29 is 27.1 Å². The van der Waals surface area contributed by atoms with Crippen molar-refractivity contribution in [3.8, 4) is 0 Å². The lowest BCUT2D eigenvalue weighted by molar-refractivity contribution is -0.117. The van der Waals surface area contributed by atoms with Crippen molar-refractivity contribution in [3.63, 3.8) is 0 Å². The van der Waals surface area contributed by atoms with E-state index in [0.717, 1.165) is 19.2 Å². The van der Waals surface area contributed by atoms with Crippen molar-refractivity contribution in [3.05, 3.63) is 53.3 Å². The van der Waals surface area contributed by atoms with E-state index in [9.17, 15) is 22.4 Å². The Bertz CT molecular complexity index is 1090. The Labute approximate surface area is 197 Å². The van der Waals surface area contributed by atoms with Gasteiger partial charge in [-0.15, -0.1) is 0 Å². The SMILES string of the molecule is O=C(CCS(=O)(=O)c1ccc(Cl)cc1)Nc1ccc(F)c(NC(=O)CCN2CCOCC2)c1. The van der Waals surface area contributed by atoms with E-state index >= 15 is 0 Å². The summed E-state index contributed by atoms with van der Waals surface area (Å²) >= 11 is 5.77. The van der Waals surface area contributed by atoms with E-state index in [1.54, 1.807) is 0 Å². The number of carbonyl (C=O) groups excluding carboxylic acids is 2. The summed E-state index contributed by atoms with van der Waals surface area (Å²) in [5.41, 5.74) is 0.183. The highest BCUT2D eigenvalue weighted by Crippen LogP contribution is 2.21. The minimum absolute atomic E-state index is 0.0615. The van der Waals surface area contributed by atoms with Crippen LogP contribution in [0.3, 0.4) is 0 Å². The summed E-state index contributed by atoms with van der Waals surface area (Å²) in [6.07, 6.45) is -0.0951. The number of benzene rings is 2. The molecule has 2 aromatic carbocycles. The predicted octanol–water partition coefficient (Wildman–Crippen LogP) is 2.94. The molecular weight excluding hydrogens is 473 g/mol. The van der Waals surface area contributed by atoms with Gasteiger partial charge in [0.2, 0.25) is 11.8 Å². The molecule has 178 valence electrons. The minimum Gasteiger partial charge on any atom is -0.379 e. The van der Waals surface area contributed by atoms with Gasteiger partial charge in [-0.2, -0.15) is 0 Å². The minimum atomic E-state index is -3.66. The topological polar surface area (TPSA) is 105 Å². The van der Waals surface area contributed by atoms with Crippen LogP contribution >= 0.6 is 11.6 Å². The fourth-order valence-corrected chi connectivity index (χ4v) is 4.57. The Balaban J connectivity index is 1.52. The molecule has 33 heavy (non-hydrogen) atoms. The zero-order valence-electron chi connectivity index (χ0n) is 17.9. The van der Waals surface area contributed by atoms with Crippen LogP contribution in [-0.2, 0) is 24.2 Å². The van der Waals surface area contributed by atoms with E-state index < -0.39 is 27.3 Å². The lowest BCUT2D eigenvalue weighted by Gasteiger charge is -2.26. The van der Waals surface area contributed by atoms with Crippen LogP contribution in [0.1, 0.15) is 12.8 Å². The molecule has 0 unspecified atom stereocenters. The van der Waals surface area contributed by atoms with E-state index in [0.29, 0.717) is 24.8 Å². The third-order valence-corrected chi connectivity index (χ3v) is 7.04. The summed E-state index contributed by atoms with van der Waals surface area (Å²) in [6.45, 7) is 3.28. The summed E-state index contributed by atoms with van der Waals surface area (Å²) in [5.74, 6) is -1.94. The Morgan fingerprint density at radius 3 is 2.36 bits per heavy atom. The smallest absolute Gasteiger partial charge is 0.225 e. The number of hydrogen-bond acceptors (Lipinski definition) is 6. The first kappa shape index (κ1) is 25.1. The van der Waals surface area contributed by atoms with Gasteiger partial charge in [-0.05, 0) is 42.5 Å². The average molecular weight is 498 g/mol. The van der Waals surface area contributed by atoms with Gasteiger partial charge in [0.25, 0.3) is 0 Å². The number of carbonyl (C=O) groups is 2. The molecule has 1 aliphatic heterocycles. The maximum atomic E-state index is 14.1. The number of nitrogens with one attached hydrogen (secondary N) is 2. The molecule has 1 heterocycles. The number of anilines is 2. The lowest BCUT2D eigenvalue weighted by atomic mass is 10.2. The number of morpholine rings is 1. The highest BCUT2D eigenvalue weighted by Gasteiger charge is 2.17. The Hall–Kier alpha value is -2.53. The van der Waals surface area contributed by atoms with E-state index in [4.69, 9.17) is 16.3 Å². The first-order valence-corrected chi connectivity index (χ1v) is 12.4. The molecule has 0 atom stereocenters. The van der Waals surface area contributed by atoms with Gasteiger partial charge in [-0.3, -0.25) is 14.5 Å². The Morgan fingerprint density at radius 1 is 1.00 bits per heavy atom. The molecular formula is C22H25ClFN3O5S. The van der Waals surface area contributed by atoms with Crippen molar-refractivity contribution in [2.75, 3.05) is 49.2 Å². The maximum absolute atomic E-state index is 14.1. The normalized spacial score (nSPS) is 14.6. The third-order valence-electron chi connectivity index (χ3n) is 5.05. The van der Waals surface area contributed by atoms with E-state index in [1.807, 2.05) is 0 Å². The molecule has 1 saturated heterocycles.